The van der Waals surface area contributed by atoms with Crippen molar-refractivity contribution in [3.05, 3.63) is 0 Å². The van der Waals surface area contributed by atoms with Crippen molar-refractivity contribution in [3.63, 3.8) is 0 Å². The van der Waals surface area contributed by atoms with E-state index < -0.39 is 5.60 Å². The van der Waals surface area contributed by atoms with Crippen molar-refractivity contribution in [3.8, 4) is 0 Å². The number of aliphatic hydroxyl groups is 1. The van der Waals surface area contributed by atoms with Gasteiger partial charge in [0.25, 0.3) is 0 Å². The van der Waals surface area contributed by atoms with E-state index >= 15 is 0 Å². The van der Waals surface area contributed by atoms with Gasteiger partial charge in [0.05, 0.1) is 5.60 Å². The molecule has 3 atom stereocenters. The largest absolute Gasteiger partial charge is 0.390 e. The molecule has 1 N–H and O–H groups in total. The predicted octanol–water partition coefficient (Wildman–Crippen LogP) is 4.10. The topological polar surface area (TPSA) is 20.2 Å². The molecular formula is C14H30O. The molecular weight excluding hydrogens is 184 g/mol. The van der Waals surface area contributed by atoms with Crippen molar-refractivity contribution >= 4 is 0 Å². The summed E-state index contributed by atoms with van der Waals surface area (Å²) in [5.74, 6) is 2.53. The number of rotatable bonds is 6. The molecule has 15 heavy (non-hydrogen) atoms. The lowest BCUT2D eigenvalue weighted by Gasteiger charge is -2.31. The second kappa shape index (κ2) is 5.89. The van der Waals surface area contributed by atoms with Crippen LogP contribution in [-0.4, -0.2) is 10.7 Å². The normalized spacial score (nSPS) is 20.4. The van der Waals surface area contributed by atoms with Crippen LogP contribution in [0.3, 0.4) is 0 Å². The van der Waals surface area contributed by atoms with Gasteiger partial charge >= 0.3 is 0 Å². The molecule has 0 aliphatic heterocycles. The van der Waals surface area contributed by atoms with Crippen LogP contribution in [0.1, 0.15) is 61.3 Å². The number of hydrogen-bond acceptors (Lipinski definition) is 1. The van der Waals surface area contributed by atoms with Gasteiger partial charge in [-0.05, 0) is 43.4 Å². The summed E-state index contributed by atoms with van der Waals surface area (Å²) in [4.78, 5) is 0. The Balaban J connectivity index is 4.05. The average molecular weight is 214 g/mol. The molecule has 0 heterocycles. The molecule has 0 aliphatic carbocycles. The summed E-state index contributed by atoms with van der Waals surface area (Å²) in [7, 11) is 0. The molecule has 0 aromatic heterocycles. The van der Waals surface area contributed by atoms with Crippen molar-refractivity contribution in [1.82, 2.24) is 0 Å². The molecule has 0 aromatic rings. The van der Waals surface area contributed by atoms with Crippen LogP contribution < -0.4 is 0 Å². The molecule has 0 saturated heterocycles. The molecule has 0 fully saturated rings. The fourth-order valence-corrected chi connectivity index (χ4v) is 1.73. The van der Waals surface area contributed by atoms with Crippen molar-refractivity contribution in [2.75, 3.05) is 0 Å². The van der Waals surface area contributed by atoms with E-state index in [0.717, 1.165) is 24.7 Å². The quantitative estimate of drug-likeness (QED) is 0.705. The molecule has 0 amide bonds. The van der Waals surface area contributed by atoms with Crippen LogP contribution >= 0.6 is 0 Å². The lowest BCUT2D eigenvalue weighted by molar-refractivity contribution is -0.00221. The molecule has 3 unspecified atom stereocenters. The first-order chi connectivity index (χ1) is 6.68. The monoisotopic (exact) mass is 214 g/mol. The maximum atomic E-state index is 10.2. The van der Waals surface area contributed by atoms with E-state index in [9.17, 15) is 5.11 Å². The smallest absolute Gasteiger partial charge is 0.0642 e. The highest BCUT2D eigenvalue weighted by atomic mass is 16.3. The molecule has 0 radical (unpaired) electrons. The van der Waals surface area contributed by atoms with Gasteiger partial charge in [-0.1, -0.05) is 41.5 Å². The standard InChI is InChI=1S/C14H30O/c1-10(2)13(6)12(5)8-9-14(7,15)11(3)4/h10-13,15H,8-9H2,1-7H3. The van der Waals surface area contributed by atoms with Crippen molar-refractivity contribution in [2.24, 2.45) is 23.7 Å². The zero-order chi connectivity index (χ0) is 12.2. The van der Waals surface area contributed by atoms with E-state index in [0.29, 0.717) is 11.8 Å². The van der Waals surface area contributed by atoms with Crippen LogP contribution in [0.25, 0.3) is 0 Å². The van der Waals surface area contributed by atoms with Gasteiger partial charge < -0.3 is 5.11 Å². The van der Waals surface area contributed by atoms with Gasteiger partial charge in [0.15, 0.2) is 0 Å². The molecule has 0 rings (SSSR count). The Morgan fingerprint density at radius 3 is 1.80 bits per heavy atom. The molecule has 0 aromatic carbocycles. The maximum Gasteiger partial charge on any atom is 0.0642 e. The first-order valence-electron chi connectivity index (χ1n) is 6.40. The fourth-order valence-electron chi connectivity index (χ4n) is 1.73. The third-order valence-electron chi connectivity index (χ3n) is 4.30. The van der Waals surface area contributed by atoms with E-state index in [1.807, 2.05) is 6.92 Å². The Hall–Kier alpha value is -0.0400. The zero-order valence-corrected chi connectivity index (χ0v) is 11.7. The Labute approximate surface area is 96.3 Å². The molecule has 0 spiro atoms. The van der Waals surface area contributed by atoms with Crippen molar-refractivity contribution < 1.29 is 5.11 Å². The van der Waals surface area contributed by atoms with Gasteiger partial charge in [0.2, 0.25) is 0 Å². The minimum atomic E-state index is -0.495. The first-order valence-corrected chi connectivity index (χ1v) is 6.40. The van der Waals surface area contributed by atoms with E-state index in [1.54, 1.807) is 0 Å². The highest BCUT2D eigenvalue weighted by Gasteiger charge is 2.26. The summed E-state index contributed by atoms with van der Waals surface area (Å²) in [6.07, 6.45) is 2.05. The highest BCUT2D eigenvalue weighted by Crippen LogP contribution is 2.29. The fraction of sp³-hybridized carbons (Fsp3) is 1.00. The third kappa shape index (κ3) is 5.01. The summed E-state index contributed by atoms with van der Waals surface area (Å²) in [5, 5.41) is 10.2. The lowest BCUT2D eigenvalue weighted by atomic mass is 9.79. The van der Waals surface area contributed by atoms with E-state index in [2.05, 4.69) is 41.5 Å². The van der Waals surface area contributed by atoms with E-state index in [1.165, 1.54) is 0 Å². The predicted molar refractivity (Wildman–Crippen MR) is 67.9 cm³/mol. The molecule has 1 nitrogen and oxygen atoms in total. The van der Waals surface area contributed by atoms with Gasteiger partial charge in [0, 0.05) is 0 Å². The van der Waals surface area contributed by atoms with Gasteiger partial charge in [-0.2, -0.15) is 0 Å². The highest BCUT2D eigenvalue weighted by molar-refractivity contribution is 4.78. The van der Waals surface area contributed by atoms with Gasteiger partial charge in [-0.25, -0.2) is 0 Å². The average Bonchev–Trinajstić information content (AvgIpc) is 2.12. The maximum absolute atomic E-state index is 10.2. The van der Waals surface area contributed by atoms with Crippen molar-refractivity contribution in [1.29, 1.82) is 0 Å². The molecule has 0 saturated carbocycles. The van der Waals surface area contributed by atoms with E-state index in [-0.39, 0.29) is 0 Å². The van der Waals surface area contributed by atoms with Gasteiger partial charge in [-0.15, -0.1) is 0 Å². The van der Waals surface area contributed by atoms with E-state index in [4.69, 9.17) is 0 Å². The van der Waals surface area contributed by atoms with Gasteiger partial charge in [-0.3, -0.25) is 0 Å². The summed E-state index contributed by atoms with van der Waals surface area (Å²) >= 11 is 0. The van der Waals surface area contributed by atoms with Crippen LogP contribution in [-0.2, 0) is 0 Å². The Bertz CT molecular complexity index is 170. The number of hydrogen-bond donors (Lipinski definition) is 1. The third-order valence-corrected chi connectivity index (χ3v) is 4.30. The SMILES string of the molecule is CC(C)C(C)C(C)CCC(C)(O)C(C)C. The molecule has 92 valence electrons. The van der Waals surface area contributed by atoms with Gasteiger partial charge in [0.1, 0.15) is 0 Å². The van der Waals surface area contributed by atoms with Crippen LogP contribution in [0.15, 0.2) is 0 Å². The molecule has 1 heteroatoms. The first kappa shape index (κ1) is 15.0. The second-order valence-electron chi connectivity index (χ2n) is 6.13. The zero-order valence-electron chi connectivity index (χ0n) is 11.7. The Morgan fingerprint density at radius 1 is 1.00 bits per heavy atom. The second-order valence-corrected chi connectivity index (χ2v) is 6.13. The van der Waals surface area contributed by atoms with Crippen molar-refractivity contribution in [2.45, 2.75) is 66.9 Å². The molecule has 0 bridgehead atoms. The lowest BCUT2D eigenvalue weighted by Crippen LogP contribution is -2.32. The van der Waals surface area contributed by atoms with Crippen LogP contribution in [0.5, 0.6) is 0 Å². The Morgan fingerprint density at radius 2 is 1.47 bits per heavy atom. The summed E-state index contributed by atoms with van der Waals surface area (Å²) < 4.78 is 0. The minimum Gasteiger partial charge on any atom is -0.390 e. The summed E-state index contributed by atoms with van der Waals surface area (Å²) in [5.41, 5.74) is -0.495. The summed E-state index contributed by atoms with van der Waals surface area (Å²) in [6, 6.07) is 0. The van der Waals surface area contributed by atoms with Crippen LogP contribution in [0, 0.1) is 23.7 Å². The Kier molecular flexibility index (Phi) is 5.87. The molecule has 0 aliphatic rings. The minimum absolute atomic E-state index is 0.346. The van der Waals surface area contributed by atoms with Crippen LogP contribution in [0.4, 0.5) is 0 Å². The van der Waals surface area contributed by atoms with Crippen LogP contribution in [0.2, 0.25) is 0 Å². The summed E-state index contributed by atoms with van der Waals surface area (Å²) in [6.45, 7) is 15.3.